The van der Waals surface area contributed by atoms with Gasteiger partial charge in [0.2, 0.25) is 0 Å². The van der Waals surface area contributed by atoms with Gasteiger partial charge in [-0.05, 0) is 30.7 Å². The molecule has 0 spiro atoms. The van der Waals surface area contributed by atoms with Crippen LogP contribution in [0.1, 0.15) is 62.2 Å². The van der Waals surface area contributed by atoms with Crippen molar-refractivity contribution in [1.82, 2.24) is 0 Å². The largest absolute Gasteiger partial charge is 0.462 e. The highest BCUT2D eigenvalue weighted by molar-refractivity contribution is 7.16. The standard InChI is InChI=1S/C17H27NO4S/c1-7-22-16(20)12-8-13(11(2)9-17(3,4)5)23-15(12)18-14(19)10-21-6/h8,11H,7,9-10H2,1-6H3,(H,18,19)/t11-/m0/s1. The molecule has 0 saturated carbocycles. The second kappa shape index (κ2) is 8.45. The quantitative estimate of drug-likeness (QED) is 0.760. The van der Waals surface area contributed by atoms with Crippen LogP contribution in [-0.2, 0) is 14.3 Å². The van der Waals surface area contributed by atoms with E-state index >= 15 is 0 Å². The van der Waals surface area contributed by atoms with E-state index in [-0.39, 0.29) is 17.9 Å². The summed E-state index contributed by atoms with van der Waals surface area (Å²) >= 11 is 1.43. The van der Waals surface area contributed by atoms with Crippen LogP contribution in [0.5, 0.6) is 0 Å². The molecule has 0 radical (unpaired) electrons. The Balaban J connectivity index is 3.05. The van der Waals surface area contributed by atoms with Crippen molar-refractivity contribution < 1.29 is 19.1 Å². The zero-order chi connectivity index (χ0) is 17.6. The van der Waals surface area contributed by atoms with Crippen molar-refractivity contribution in [2.24, 2.45) is 5.41 Å². The van der Waals surface area contributed by atoms with Crippen molar-refractivity contribution in [3.63, 3.8) is 0 Å². The zero-order valence-corrected chi connectivity index (χ0v) is 15.6. The van der Waals surface area contributed by atoms with E-state index in [4.69, 9.17) is 9.47 Å². The summed E-state index contributed by atoms with van der Waals surface area (Å²) in [5.74, 6) is -0.401. The Bertz CT molecular complexity index is 545. The van der Waals surface area contributed by atoms with Crippen LogP contribution in [0.15, 0.2) is 6.07 Å². The molecular weight excluding hydrogens is 314 g/mol. The monoisotopic (exact) mass is 341 g/mol. The van der Waals surface area contributed by atoms with Crippen molar-refractivity contribution in [2.45, 2.75) is 47.0 Å². The number of ether oxygens (including phenoxy) is 2. The number of carbonyl (C=O) groups is 2. The normalized spacial score (nSPS) is 12.8. The molecule has 5 nitrogen and oxygen atoms in total. The van der Waals surface area contributed by atoms with Gasteiger partial charge in [-0.1, -0.05) is 27.7 Å². The van der Waals surface area contributed by atoms with Gasteiger partial charge >= 0.3 is 5.97 Å². The molecule has 0 fully saturated rings. The zero-order valence-electron chi connectivity index (χ0n) is 14.8. The third-order valence-corrected chi connectivity index (χ3v) is 4.46. The van der Waals surface area contributed by atoms with Crippen molar-refractivity contribution >= 4 is 28.2 Å². The topological polar surface area (TPSA) is 64.6 Å². The molecule has 0 aliphatic heterocycles. The number of amides is 1. The molecule has 1 N–H and O–H groups in total. The Morgan fingerprint density at radius 1 is 1.35 bits per heavy atom. The fraction of sp³-hybridized carbons (Fsp3) is 0.647. The maximum absolute atomic E-state index is 12.1. The molecule has 1 atom stereocenters. The van der Waals surface area contributed by atoms with Gasteiger partial charge in [-0.2, -0.15) is 0 Å². The first kappa shape index (κ1) is 19.6. The lowest BCUT2D eigenvalue weighted by Gasteiger charge is -2.22. The minimum atomic E-state index is -0.411. The molecule has 0 saturated heterocycles. The van der Waals surface area contributed by atoms with Gasteiger partial charge in [-0.25, -0.2) is 4.79 Å². The first-order chi connectivity index (χ1) is 10.7. The Kier molecular flexibility index (Phi) is 7.22. The van der Waals surface area contributed by atoms with Gasteiger partial charge in [0.05, 0.1) is 12.2 Å². The molecule has 0 aliphatic rings. The highest BCUT2D eigenvalue weighted by Gasteiger charge is 2.23. The molecule has 0 aliphatic carbocycles. The maximum Gasteiger partial charge on any atom is 0.341 e. The molecule has 1 heterocycles. The van der Waals surface area contributed by atoms with E-state index in [2.05, 4.69) is 33.0 Å². The van der Waals surface area contributed by atoms with E-state index in [0.717, 1.165) is 11.3 Å². The first-order valence-corrected chi connectivity index (χ1v) is 8.59. The molecule has 6 heteroatoms. The van der Waals surface area contributed by atoms with Crippen LogP contribution < -0.4 is 5.32 Å². The number of hydrogen-bond donors (Lipinski definition) is 1. The van der Waals surface area contributed by atoms with E-state index in [1.165, 1.54) is 18.4 Å². The highest BCUT2D eigenvalue weighted by atomic mass is 32.1. The average Bonchev–Trinajstić information content (AvgIpc) is 2.81. The minimum Gasteiger partial charge on any atom is -0.462 e. The van der Waals surface area contributed by atoms with Crippen molar-refractivity contribution in [2.75, 3.05) is 25.6 Å². The molecule has 1 amide bonds. The van der Waals surface area contributed by atoms with Gasteiger partial charge in [0, 0.05) is 12.0 Å². The SMILES string of the molecule is CCOC(=O)c1cc([C@@H](C)CC(C)(C)C)sc1NC(=O)COC. The van der Waals surface area contributed by atoms with E-state index in [0.29, 0.717) is 23.1 Å². The summed E-state index contributed by atoms with van der Waals surface area (Å²) in [5.41, 5.74) is 0.601. The Morgan fingerprint density at radius 3 is 2.52 bits per heavy atom. The number of anilines is 1. The molecule has 23 heavy (non-hydrogen) atoms. The van der Waals surface area contributed by atoms with E-state index in [1.54, 1.807) is 6.92 Å². The number of hydrogen-bond acceptors (Lipinski definition) is 5. The second-order valence-electron chi connectivity index (χ2n) is 6.76. The Morgan fingerprint density at radius 2 is 2.00 bits per heavy atom. The van der Waals surface area contributed by atoms with Gasteiger partial charge in [0.25, 0.3) is 5.91 Å². The maximum atomic E-state index is 12.1. The smallest absolute Gasteiger partial charge is 0.341 e. The first-order valence-electron chi connectivity index (χ1n) is 7.77. The molecule has 1 aromatic rings. The summed E-state index contributed by atoms with van der Waals surface area (Å²) in [6.45, 7) is 10.7. The summed E-state index contributed by atoms with van der Waals surface area (Å²) in [4.78, 5) is 25.0. The number of methoxy groups -OCH3 is 1. The van der Waals surface area contributed by atoms with Crippen LogP contribution in [0.4, 0.5) is 5.00 Å². The summed E-state index contributed by atoms with van der Waals surface area (Å²) in [6, 6.07) is 1.83. The van der Waals surface area contributed by atoms with Crippen molar-refractivity contribution in [3.8, 4) is 0 Å². The van der Waals surface area contributed by atoms with Gasteiger partial charge in [0.15, 0.2) is 0 Å². The van der Waals surface area contributed by atoms with Crippen molar-refractivity contribution in [1.29, 1.82) is 0 Å². The summed E-state index contributed by atoms with van der Waals surface area (Å²) in [7, 11) is 1.46. The van der Waals surface area contributed by atoms with Crippen LogP contribution in [0.3, 0.4) is 0 Å². The van der Waals surface area contributed by atoms with E-state index < -0.39 is 5.97 Å². The van der Waals surface area contributed by atoms with E-state index in [9.17, 15) is 9.59 Å². The molecule has 0 unspecified atom stereocenters. The molecule has 0 bridgehead atoms. The van der Waals surface area contributed by atoms with Crippen LogP contribution >= 0.6 is 11.3 Å². The molecular formula is C17H27NO4S. The Hall–Kier alpha value is -1.40. The minimum absolute atomic E-state index is 0.0486. The number of thiophene rings is 1. The summed E-state index contributed by atoms with van der Waals surface area (Å²) < 4.78 is 9.91. The number of nitrogens with one attached hydrogen (secondary N) is 1. The highest BCUT2D eigenvalue weighted by Crippen LogP contribution is 2.38. The molecule has 1 aromatic heterocycles. The lowest BCUT2D eigenvalue weighted by atomic mass is 9.85. The lowest BCUT2D eigenvalue weighted by Crippen LogP contribution is -2.18. The van der Waals surface area contributed by atoms with Gasteiger partial charge in [-0.3, -0.25) is 4.79 Å². The van der Waals surface area contributed by atoms with Crippen LogP contribution in [0.25, 0.3) is 0 Å². The molecule has 1 rings (SSSR count). The Labute approximate surface area is 142 Å². The fourth-order valence-electron chi connectivity index (χ4n) is 2.42. The second-order valence-corrected chi connectivity index (χ2v) is 7.84. The van der Waals surface area contributed by atoms with Crippen molar-refractivity contribution in [3.05, 3.63) is 16.5 Å². The number of rotatable bonds is 7. The fourth-order valence-corrected chi connectivity index (χ4v) is 3.53. The lowest BCUT2D eigenvalue weighted by molar-refractivity contribution is -0.119. The number of carbonyl (C=O) groups excluding carboxylic acids is 2. The third kappa shape index (κ3) is 6.31. The van der Waals surface area contributed by atoms with Gasteiger partial charge in [0.1, 0.15) is 11.6 Å². The third-order valence-electron chi connectivity index (χ3n) is 3.18. The van der Waals surface area contributed by atoms with Gasteiger partial charge in [-0.15, -0.1) is 11.3 Å². The van der Waals surface area contributed by atoms with E-state index in [1.807, 2.05) is 6.07 Å². The van der Waals surface area contributed by atoms with Gasteiger partial charge < -0.3 is 14.8 Å². The summed E-state index contributed by atoms with van der Waals surface area (Å²) in [6.07, 6.45) is 0.987. The van der Waals surface area contributed by atoms with Crippen LogP contribution in [-0.4, -0.2) is 32.2 Å². The molecule has 0 aromatic carbocycles. The predicted octanol–water partition coefficient (Wildman–Crippen LogP) is 4.05. The average molecular weight is 341 g/mol. The number of esters is 1. The predicted molar refractivity (Wildman–Crippen MR) is 93.3 cm³/mol. The summed E-state index contributed by atoms with van der Waals surface area (Å²) in [5, 5.41) is 3.27. The van der Waals surface area contributed by atoms with Crippen LogP contribution in [0, 0.1) is 5.41 Å². The molecule has 130 valence electrons. The van der Waals surface area contributed by atoms with Crippen LogP contribution in [0.2, 0.25) is 0 Å².